The second-order valence-electron chi connectivity index (χ2n) is 2.64. The second-order valence-corrected chi connectivity index (χ2v) is 2.64. The van der Waals surface area contributed by atoms with E-state index in [0.29, 0.717) is 11.5 Å². The Bertz CT molecular complexity index is 416. The molecule has 0 saturated carbocycles. The number of methoxy groups -OCH3 is 2. The molecule has 0 aliphatic heterocycles. The third-order valence-corrected chi connectivity index (χ3v) is 1.71. The number of carbonyl (C=O) groups excluding carboxylic acids is 1. The van der Waals surface area contributed by atoms with Gasteiger partial charge < -0.3 is 14.2 Å². The highest BCUT2D eigenvalue weighted by Crippen LogP contribution is 2.30. The summed E-state index contributed by atoms with van der Waals surface area (Å²) in [6, 6.07) is 4.16. The highest BCUT2D eigenvalue weighted by atomic mass is 16.7. The van der Waals surface area contributed by atoms with E-state index in [1.165, 1.54) is 32.4 Å². The number of hydrogen-bond donors (Lipinski definition) is 0. The minimum absolute atomic E-state index is 0.0133. The van der Waals surface area contributed by atoms with E-state index in [0.717, 1.165) is 0 Å². The van der Waals surface area contributed by atoms with Crippen LogP contribution in [0.2, 0.25) is 0 Å². The molecule has 0 fully saturated rings. The van der Waals surface area contributed by atoms with E-state index in [4.69, 9.17) is 9.47 Å². The van der Waals surface area contributed by atoms with E-state index in [-0.39, 0.29) is 5.75 Å². The van der Waals surface area contributed by atoms with Gasteiger partial charge in [0, 0.05) is 6.07 Å². The van der Waals surface area contributed by atoms with Gasteiger partial charge in [-0.1, -0.05) is 0 Å². The highest BCUT2D eigenvalue weighted by Gasteiger charge is 2.19. The van der Waals surface area contributed by atoms with Crippen LogP contribution in [0, 0.1) is 10.1 Å². The average molecular weight is 227 g/mol. The summed E-state index contributed by atoms with van der Waals surface area (Å²) in [5.74, 6) is 0.763. The van der Waals surface area contributed by atoms with Crippen LogP contribution in [0.1, 0.15) is 0 Å². The number of rotatable bonds is 3. The van der Waals surface area contributed by atoms with Crippen molar-refractivity contribution in [2.45, 2.75) is 0 Å². The Labute approximate surface area is 90.7 Å². The van der Waals surface area contributed by atoms with Gasteiger partial charge in [-0.3, -0.25) is 10.1 Å². The molecule has 86 valence electrons. The second kappa shape index (κ2) is 4.96. The number of carbonyl (C=O) groups is 1. The van der Waals surface area contributed by atoms with Gasteiger partial charge in [-0.15, -0.1) is 0 Å². The van der Waals surface area contributed by atoms with Gasteiger partial charge >= 0.3 is 6.09 Å². The van der Waals surface area contributed by atoms with E-state index >= 15 is 0 Å². The van der Waals surface area contributed by atoms with Gasteiger partial charge in [0.05, 0.1) is 14.2 Å². The molecule has 1 amide bonds. The Hall–Kier alpha value is -2.31. The summed E-state index contributed by atoms with van der Waals surface area (Å²) < 4.78 is 14.3. The SMILES string of the molecule is COc1ccc(OC(=O)[N+](=O)[O-])cc1OC. The largest absolute Gasteiger partial charge is 0.662 e. The smallest absolute Gasteiger partial charge is 0.493 e. The summed E-state index contributed by atoms with van der Waals surface area (Å²) in [6.07, 6.45) is -1.55. The molecule has 0 bridgehead atoms. The predicted molar refractivity (Wildman–Crippen MR) is 52.6 cm³/mol. The molecule has 0 atom stereocenters. The molecule has 7 heteroatoms. The molecule has 0 heterocycles. The zero-order valence-electron chi connectivity index (χ0n) is 8.63. The molecule has 0 radical (unpaired) electrons. The fourth-order valence-corrected chi connectivity index (χ4v) is 1.02. The van der Waals surface area contributed by atoms with Crippen molar-refractivity contribution >= 4 is 6.09 Å². The van der Waals surface area contributed by atoms with E-state index in [9.17, 15) is 14.9 Å². The third-order valence-electron chi connectivity index (χ3n) is 1.71. The van der Waals surface area contributed by atoms with Gasteiger partial charge in [-0.2, -0.15) is 4.79 Å². The van der Waals surface area contributed by atoms with Crippen molar-refractivity contribution in [3.63, 3.8) is 0 Å². The molecular formula is C9H9NO6. The van der Waals surface area contributed by atoms with Crippen LogP contribution < -0.4 is 14.2 Å². The number of benzene rings is 1. The van der Waals surface area contributed by atoms with Crippen molar-refractivity contribution < 1.29 is 23.9 Å². The van der Waals surface area contributed by atoms with Crippen LogP contribution in [0.4, 0.5) is 4.79 Å². The molecule has 0 unspecified atom stereocenters. The van der Waals surface area contributed by atoms with Gasteiger partial charge in [0.15, 0.2) is 11.5 Å². The quantitative estimate of drug-likeness (QED) is 0.574. The molecule has 0 aliphatic carbocycles. The molecule has 0 aromatic heterocycles. The lowest BCUT2D eigenvalue weighted by Gasteiger charge is -2.07. The average Bonchev–Trinajstić information content (AvgIpc) is 2.28. The van der Waals surface area contributed by atoms with E-state index in [1.807, 2.05) is 0 Å². The molecule has 1 aromatic carbocycles. The molecule has 1 rings (SSSR count). The number of nitrogens with zero attached hydrogens (tertiary/aromatic N) is 1. The highest BCUT2D eigenvalue weighted by molar-refractivity contribution is 5.62. The van der Waals surface area contributed by atoms with Crippen molar-refractivity contribution in [1.82, 2.24) is 0 Å². The number of nitro groups is 1. The van der Waals surface area contributed by atoms with E-state index < -0.39 is 11.0 Å². The first-order valence-electron chi connectivity index (χ1n) is 4.16. The van der Waals surface area contributed by atoms with Crippen molar-refractivity contribution in [3.8, 4) is 17.2 Å². The summed E-state index contributed by atoms with van der Waals surface area (Å²) in [7, 11) is 2.84. The first kappa shape index (κ1) is 11.8. The number of ether oxygens (including phenoxy) is 3. The van der Waals surface area contributed by atoms with Crippen molar-refractivity contribution in [2.75, 3.05) is 14.2 Å². The zero-order chi connectivity index (χ0) is 12.1. The van der Waals surface area contributed by atoms with Crippen molar-refractivity contribution in [3.05, 3.63) is 28.3 Å². The van der Waals surface area contributed by atoms with Crippen LogP contribution in [0.25, 0.3) is 0 Å². The van der Waals surface area contributed by atoms with E-state index in [2.05, 4.69) is 4.74 Å². The van der Waals surface area contributed by atoms with Crippen LogP contribution in [0.15, 0.2) is 18.2 Å². The maximum absolute atomic E-state index is 10.7. The standard InChI is InChI=1S/C9H9NO6/c1-14-7-4-3-6(5-8(7)15-2)16-9(11)10(12)13/h3-5H,1-2H3. The third kappa shape index (κ3) is 2.59. The summed E-state index contributed by atoms with van der Waals surface area (Å²) in [6.45, 7) is 0. The van der Waals surface area contributed by atoms with Crippen LogP contribution in [-0.2, 0) is 0 Å². The summed E-state index contributed by atoms with van der Waals surface area (Å²) in [5, 5.41) is 10.1. The van der Waals surface area contributed by atoms with Crippen LogP contribution >= 0.6 is 0 Å². The minimum atomic E-state index is -1.55. The lowest BCUT2D eigenvalue weighted by atomic mass is 10.3. The molecule has 0 spiro atoms. The first-order chi connectivity index (χ1) is 7.58. The Morgan fingerprint density at radius 3 is 2.38 bits per heavy atom. The molecule has 16 heavy (non-hydrogen) atoms. The Kier molecular flexibility index (Phi) is 3.65. The fraction of sp³-hybridized carbons (Fsp3) is 0.222. The Morgan fingerprint density at radius 1 is 1.25 bits per heavy atom. The first-order valence-corrected chi connectivity index (χ1v) is 4.16. The summed E-state index contributed by atoms with van der Waals surface area (Å²) in [4.78, 5) is 19.6. The number of amides is 1. The van der Waals surface area contributed by atoms with Crippen molar-refractivity contribution in [1.29, 1.82) is 0 Å². The van der Waals surface area contributed by atoms with Crippen LogP contribution in [0.5, 0.6) is 17.2 Å². The lowest BCUT2D eigenvalue weighted by molar-refractivity contribution is -0.389. The molecular weight excluding hydrogens is 218 g/mol. The molecule has 7 nitrogen and oxygen atoms in total. The topological polar surface area (TPSA) is 87.9 Å². The summed E-state index contributed by atoms with van der Waals surface area (Å²) >= 11 is 0. The number of hydrogen-bond acceptors (Lipinski definition) is 6. The lowest BCUT2D eigenvalue weighted by Crippen LogP contribution is -2.16. The van der Waals surface area contributed by atoms with Crippen LogP contribution in [0.3, 0.4) is 0 Å². The molecule has 0 aliphatic rings. The normalized spacial score (nSPS) is 9.38. The fourth-order valence-electron chi connectivity index (χ4n) is 1.02. The Balaban J connectivity index is 2.91. The van der Waals surface area contributed by atoms with Gasteiger partial charge in [-0.25, -0.2) is 0 Å². The monoisotopic (exact) mass is 227 g/mol. The zero-order valence-corrected chi connectivity index (χ0v) is 8.63. The van der Waals surface area contributed by atoms with Gasteiger partial charge in [0.25, 0.3) is 0 Å². The van der Waals surface area contributed by atoms with Crippen molar-refractivity contribution in [2.24, 2.45) is 0 Å². The van der Waals surface area contributed by atoms with E-state index in [1.54, 1.807) is 0 Å². The van der Waals surface area contributed by atoms with Gasteiger partial charge in [-0.05, 0) is 12.1 Å². The maximum atomic E-state index is 10.7. The minimum Gasteiger partial charge on any atom is -0.493 e. The molecule has 0 saturated heterocycles. The predicted octanol–water partition coefficient (Wildman–Crippen LogP) is 1.48. The maximum Gasteiger partial charge on any atom is 0.662 e. The molecule has 0 N–H and O–H groups in total. The Morgan fingerprint density at radius 2 is 1.88 bits per heavy atom. The molecule has 1 aromatic rings. The van der Waals surface area contributed by atoms with Gasteiger partial charge in [0.1, 0.15) is 10.7 Å². The summed E-state index contributed by atoms with van der Waals surface area (Å²) in [5.41, 5.74) is 0. The van der Waals surface area contributed by atoms with Crippen LogP contribution in [-0.4, -0.2) is 25.2 Å². The van der Waals surface area contributed by atoms with Gasteiger partial charge in [0.2, 0.25) is 0 Å².